The average Bonchev–Trinajstić information content (AvgIpc) is 3.43. The molecule has 4 heteroatoms. The molecule has 1 atom stereocenters. The second-order valence-corrected chi connectivity index (χ2v) is 6.94. The van der Waals surface area contributed by atoms with E-state index >= 15 is 0 Å². The smallest absolute Gasteiger partial charge is 0.126 e. The molecule has 4 nitrogen and oxygen atoms in total. The van der Waals surface area contributed by atoms with Gasteiger partial charge < -0.3 is 10.6 Å². The predicted molar refractivity (Wildman–Crippen MR) is 99.7 cm³/mol. The van der Waals surface area contributed by atoms with Crippen LogP contribution in [-0.2, 0) is 0 Å². The molecule has 1 aliphatic heterocycles. The van der Waals surface area contributed by atoms with Crippen molar-refractivity contribution < 1.29 is 0 Å². The van der Waals surface area contributed by atoms with Crippen molar-refractivity contribution in [1.82, 2.24) is 15.3 Å². The fourth-order valence-electron chi connectivity index (χ4n) is 3.33. The van der Waals surface area contributed by atoms with Crippen LogP contribution in [0, 0.1) is 5.92 Å². The highest BCUT2D eigenvalue weighted by Gasteiger charge is 2.23. The summed E-state index contributed by atoms with van der Waals surface area (Å²) >= 11 is 0. The predicted octanol–water partition coefficient (Wildman–Crippen LogP) is 4.12. The van der Waals surface area contributed by atoms with Gasteiger partial charge in [0, 0.05) is 48.0 Å². The highest BCUT2D eigenvalue weighted by atomic mass is 14.9. The van der Waals surface area contributed by atoms with Gasteiger partial charge in [-0.1, -0.05) is 18.9 Å². The normalized spacial score (nSPS) is 20.3. The third kappa shape index (κ3) is 3.14. The van der Waals surface area contributed by atoms with Crippen LogP contribution in [-0.4, -0.2) is 23.1 Å². The number of hydrogen-bond acceptors (Lipinski definition) is 4. The molecule has 0 radical (unpaired) electrons. The monoisotopic (exact) mass is 320 g/mol. The van der Waals surface area contributed by atoms with Crippen LogP contribution in [0.5, 0.6) is 0 Å². The Balaban J connectivity index is 1.54. The van der Waals surface area contributed by atoms with Gasteiger partial charge in [-0.2, -0.15) is 0 Å². The van der Waals surface area contributed by atoms with Crippen molar-refractivity contribution in [3.63, 3.8) is 0 Å². The number of nitrogens with one attached hydrogen (secondary N) is 2. The second-order valence-electron chi connectivity index (χ2n) is 6.94. The van der Waals surface area contributed by atoms with Crippen LogP contribution in [0.25, 0.3) is 16.3 Å². The van der Waals surface area contributed by atoms with E-state index in [1.807, 2.05) is 25.5 Å². The number of anilines is 1. The Morgan fingerprint density at radius 2 is 1.92 bits per heavy atom. The second kappa shape index (κ2) is 6.27. The molecule has 1 fully saturated rings. The summed E-state index contributed by atoms with van der Waals surface area (Å²) in [6.07, 6.45) is 13.8. The third-order valence-electron chi connectivity index (χ3n) is 5.04. The van der Waals surface area contributed by atoms with E-state index < -0.39 is 0 Å². The summed E-state index contributed by atoms with van der Waals surface area (Å²) < 4.78 is 0. The molecule has 2 aromatic rings. The molecule has 0 bridgehead atoms. The van der Waals surface area contributed by atoms with Crippen molar-refractivity contribution >= 4 is 22.2 Å². The van der Waals surface area contributed by atoms with Gasteiger partial charge in [-0.05, 0) is 43.4 Å². The van der Waals surface area contributed by atoms with Crippen molar-refractivity contribution in [2.24, 2.45) is 5.92 Å². The maximum absolute atomic E-state index is 4.66. The molecule has 1 unspecified atom stereocenters. The lowest BCUT2D eigenvalue weighted by Crippen LogP contribution is -2.26. The summed E-state index contributed by atoms with van der Waals surface area (Å²) in [5.74, 6) is 1.85. The zero-order valence-corrected chi connectivity index (χ0v) is 14.3. The molecular weight excluding hydrogens is 296 g/mol. The number of aromatic nitrogens is 2. The van der Waals surface area contributed by atoms with Crippen LogP contribution in [0.3, 0.4) is 0 Å². The fourth-order valence-corrected chi connectivity index (χ4v) is 3.33. The number of fused-ring (bicyclic) bond motifs is 1. The van der Waals surface area contributed by atoms with Gasteiger partial charge in [0.15, 0.2) is 0 Å². The first-order chi connectivity index (χ1) is 11.7. The lowest BCUT2D eigenvalue weighted by molar-refractivity contribution is 0.567. The van der Waals surface area contributed by atoms with Crippen LogP contribution >= 0.6 is 0 Å². The summed E-state index contributed by atoms with van der Waals surface area (Å²) in [5, 5.41) is 8.82. The largest absolute Gasteiger partial charge is 0.384 e. The first-order valence-corrected chi connectivity index (χ1v) is 8.82. The quantitative estimate of drug-likeness (QED) is 0.870. The molecule has 2 aromatic heterocycles. The van der Waals surface area contributed by atoms with E-state index in [4.69, 9.17) is 0 Å². The third-order valence-corrected chi connectivity index (χ3v) is 5.04. The minimum atomic E-state index is 0.467. The molecule has 2 aliphatic rings. The molecule has 0 spiro atoms. The van der Waals surface area contributed by atoms with E-state index in [9.17, 15) is 0 Å². The highest BCUT2D eigenvalue weighted by Crippen LogP contribution is 2.35. The van der Waals surface area contributed by atoms with Crippen LogP contribution < -0.4 is 10.6 Å². The lowest BCUT2D eigenvalue weighted by atomic mass is 9.96. The van der Waals surface area contributed by atoms with Crippen molar-refractivity contribution in [1.29, 1.82) is 0 Å². The molecule has 1 aliphatic carbocycles. The summed E-state index contributed by atoms with van der Waals surface area (Å²) in [6.45, 7) is 2.19. The number of rotatable bonds is 5. The molecule has 0 amide bonds. The SMILES string of the molecule is CNc1cc2cnc(C3=CNC(CCC4CC4)C=C3C)cc2cn1. The van der Waals surface area contributed by atoms with Crippen LogP contribution in [0.15, 0.2) is 42.4 Å². The van der Waals surface area contributed by atoms with E-state index in [1.54, 1.807) is 0 Å². The number of nitrogens with zero attached hydrogens (tertiary/aromatic N) is 2. The summed E-state index contributed by atoms with van der Waals surface area (Å²) in [4.78, 5) is 9.06. The molecule has 4 rings (SSSR count). The first-order valence-electron chi connectivity index (χ1n) is 8.82. The van der Waals surface area contributed by atoms with Gasteiger partial charge in [-0.15, -0.1) is 0 Å². The number of hydrogen-bond donors (Lipinski definition) is 2. The van der Waals surface area contributed by atoms with Gasteiger partial charge >= 0.3 is 0 Å². The van der Waals surface area contributed by atoms with Crippen molar-refractivity contribution in [2.75, 3.05) is 12.4 Å². The van der Waals surface area contributed by atoms with Gasteiger partial charge in [0.1, 0.15) is 5.82 Å². The molecule has 1 saturated carbocycles. The minimum Gasteiger partial charge on any atom is -0.384 e. The summed E-state index contributed by atoms with van der Waals surface area (Å²) in [7, 11) is 1.88. The number of dihydropyridines is 1. The summed E-state index contributed by atoms with van der Waals surface area (Å²) in [5.41, 5.74) is 3.49. The molecule has 0 saturated heterocycles. The first kappa shape index (κ1) is 15.2. The van der Waals surface area contributed by atoms with E-state index in [0.29, 0.717) is 6.04 Å². The Bertz CT molecular complexity index is 817. The van der Waals surface area contributed by atoms with Gasteiger partial charge in [-0.3, -0.25) is 4.98 Å². The van der Waals surface area contributed by atoms with E-state index in [-0.39, 0.29) is 0 Å². The Morgan fingerprint density at radius 1 is 1.12 bits per heavy atom. The fraction of sp³-hybridized carbons (Fsp3) is 0.400. The Hall–Kier alpha value is -2.36. The van der Waals surface area contributed by atoms with Gasteiger partial charge in [-0.25, -0.2) is 4.98 Å². The number of allylic oxidation sites excluding steroid dienone is 2. The van der Waals surface area contributed by atoms with Crippen molar-refractivity contribution in [3.8, 4) is 0 Å². The Labute approximate surface area is 143 Å². The molecule has 24 heavy (non-hydrogen) atoms. The molecule has 3 heterocycles. The highest BCUT2D eigenvalue weighted by molar-refractivity contribution is 5.88. The van der Waals surface area contributed by atoms with Crippen LogP contribution in [0.4, 0.5) is 5.82 Å². The Morgan fingerprint density at radius 3 is 2.67 bits per heavy atom. The minimum absolute atomic E-state index is 0.467. The maximum atomic E-state index is 4.66. The zero-order valence-electron chi connectivity index (χ0n) is 14.3. The topological polar surface area (TPSA) is 49.8 Å². The molecule has 2 N–H and O–H groups in total. The van der Waals surface area contributed by atoms with E-state index in [0.717, 1.165) is 28.2 Å². The molecular formula is C20H24N4. The summed E-state index contributed by atoms with van der Waals surface area (Å²) in [6, 6.07) is 4.61. The van der Waals surface area contributed by atoms with Crippen LogP contribution in [0.2, 0.25) is 0 Å². The number of pyridine rings is 2. The van der Waals surface area contributed by atoms with E-state index in [2.05, 4.69) is 45.9 Å². The van der Waals surface area contributed by atoms with Crippen LogP contribution in [0.1, 0.15) is 38.3 Å². The van der Waals surface area contributed by atoms with Crippen molar-refractivity contribution in [3.05, 3.63) is 48.1 Å². The molecule has 0 aromatic carbocycles. The van der Waals surface area contributed by atoms with Gasteiger partial charge in [0.2, 0.25) is 0 Å². The standard InChI is InChI=1S/C20H24N4/c1-13-7-17(6-5-14-3-4-14)22-12-18(13)19-8-15-11-24-20(21-2)9-16(15)10-23-19/h7-12,14,17,22H,3-6H2,1-2H3,(H,21,24). The maximum Gasteiger partial charge on any atom is 0.126 e. The van der Waals surface area contributed by atoms with Crippen molar-refractivity contribution in [2.45, 2.75) is 38.6 Å². The van der Waals surface area contributed by atoms with E-state index in [1.165, 1.54) is 36.8 Å². The Kier molecular flexibility index (Phi) is 3.97. The van der Waals surface area contributed by atoms with Gasteiger partial charge in [0.05, 0.1) is 5.69 Å². The average molecular weight is 320 g/mol. The lowest BCUT2D eigenvalue weighted by Gasteiger charge is -2.22. The zero-order chi connectivity index (χ0) is 16.5. The van der Waals surface area contributed by atoms with Gasteiger partial charge in [0.25, 0.3) is 0 Å². The molecule has 124 valence electrons.